The molecule has 12 nitrogen and oxygen atoms in total. The molecule has 4 unspecified atom stereocenters. The minimum Gasteiger partial charge on any atom is -0.457 e. The molecule has 0 bridgehead atoms. The van der Waals surface area contributed by atoms with Gasteiger partial charge in [-0.3, -0.25) is 9.59 Å². The number of benzene rings is 5. The van der Waals surface area contributed by atoms with Crippen molar-refractivity contribution in [3.05, 3.63) is 179 Å². The predicted octanol–water partition coefficient (Wildman–Crippen LogP) is 7.81. The highest BCUT2D eigenvalue weighted by atomic mass is 19.1. The number of carbonyl (C=O) groups excluding carboxylic acids is 2. The summed E-state index contributed by atoms with van der Waals surface area (Å²) in [6, 6.07) is 47.9. The van der Waals surface area contributed by atoms with Crippen LogP contribution in [0.5, 0.6) is 0 Å². The molecular formula is C52H58FNO11. The Balaban J connectivity index is 1.21. The van der Waals surface area contributed by atoms with E-state index in [2.05, 4.69) is 5.32 Å². The van der Waals surface area contributed by atoms with Crippen LogP contribution in [-0.4, -0.2) is 87.0 Å². The van der Waals surface area contributed by atoms with Crippen LogP contribution in [0.3, 0.4) is 0 Å². The van der Waals surface area contributed by atoms with Crippen molar-refractivity contribution in [1.29, 1.82) is 0 Å². The molecule has 5 aromatic rings. The van der Waals surface area contributed by atoms with Crippen molar-refractivity contribution in [1.82, 2.24) is 5.32 Å². The predicted molar refractivity (Wildman–Crippen MR) is 238 cm³/mol. The summed E-state index contributed by atoms with van der Waals surface area (Å²) in [5, 5.41) is 2.53. The van der Waals surface area contributed by atoms with Crippen LogP contribution in [0.4, 0.5) is 4.39 Å². The maximum Gasteiger partial charge on any atom is 0.306 e. The van der Waals surface area contributed by atoms with Gasteiger partial charge in [-0.25, -0.2) is 4.39 Å². The molecule has 65 heavy (non-hydrogen) atoms. The number of hydrogen-bond acceptors (Lipinski definition) is 11. The highest BCUT2D eigenvalue weighted by Gasteiger charge is 2.54. The zero-order valence-corrected chi connectivity index (χ0v) is 36.7. The van der Waals surface area contributed by atoms with Crippen molar-refractivity contribution in [2.75, 3.05) is 13.7 Å². The molecule has 0 aromatic heterocycles. The monoisotopic (exact) mass is 891 g/mol. The van der Waals surface area contributed by atoms with E-state index in [1.54, 1.807) is 6.92 Å². The first-order valence-electron chi connectivity index (χ1n) is 22.1. The van der Waals surface area contributed by atoms with Crippen LogP contribution in [0.1, 0.15) is 47.6 Å². The Morgan fingerprint density at radius 2 is 0.938 bits per heavy atom. The summed E-state index contributed by atoms with van der Waals surface area (Å²) in [4.78, 5) is 25.4. The molecule has 5 aromatic carbocycles. The lowest BCUT2D eigenvalue weighted by atomic mass is 9.96. The van der Waals surface area contributed by atoms with Gasteiger partial charge < -0.3 is 47.9 Å². The van der Waals surface area contributed by atoms with Crippen molar-refractivity contribution in [2.24, 2.45) is 0 Å². The Labute approximate surface area is 380 Å². The van der Waals surface area contributed by atoms with Crippen LogP contribution < -0.4 is 5.32 Å². The van der Waals surface area contributed by atoms with E-state index >= 15 is 4.39 Å². The van der Waals surface area contributed by atoms with Gasteiger partial charge in [-0.05, 0) is 34.7 Å². The maximum absolute atomic E-state index is 17.1. The van der Waals surface area contributed by atoms with Gasteiger partial charge in [0, 0.05) is 13.5 Å². The highest BCUT2D eigenvalue weighted by Crippen LogP contribution is 2.36. The average molecular weight is 892 g/mol. The van der Waals surface area contributed by atoms with E-state index in [0.29, 0.717) is 0 Å². The van der Waals surface area contributed by atoms with Crippen LogP contribution in [-0.2, 0) is 85.3 Å². The normalized spacial score (nSPS) is 25.4. The lowest BCUT2D eigenvalue weighted by Crippen LogP contribution is -2.65. The van der Waals surface area contributed by atoms with Gasteiger partial charge in [0.15, 0.2) is 12.4 Å². The number of amides is 1. The van der Waals surface area contributed by atoms with Crippen molar-refractivity contribution in [3.8, 4) is 0 Å². The first-order chi connectivity index (χ1) is 31.8. The van der Waals surface area contributed by atoms with Crippen LogP contribution in [0.25, 0.3) is 0 Å². The standard InChI is InChI=1S/C52H58FNO11/c1-36-45(64-44(56)29-28-43(55)54-2)47(59-32-39-22-12-5-13-23-39)50(61-34-41-26-16-7-17-27-41)52(62-36)65-49-48(60-33-40-24-14-6-15-25-40)46(58-31-38-20-10-4-11-21-38)42(63-51(49)53)35-57-30-37-18-8-3-9-19-37/h3-27,36,42,45-52H,28-35H2,1-2H3,(H,54,55)/t36?,42?,45-,46+,47+,48-,49?,50?,51+,52+/m1/s1. The summed E-state index contributed by atoms with van der Waals surface area (Å²) in [5.41, 5.74) is 4.39. The molecule has 344 valence electrons. The van der Waals surface area contributed by atoms with E-state index in [1.165, 1.54) is 7.05 Å². The number of ether oxygens (including phenoxy) is 9. The number of nitrogens with one attached hydrogen (secondary N) is 1. The minimum atomic E-state index is -2.05. The smallest absolute Gasteiger partial charge is 0.306 e. The lowest BCUT2D eigenvalue weighted by Gasteiger charge is -2.48. The maximum atomic E-state index is 17.1. The molecule has 7 rings (SSSR count). The molecule has 0 spiro atoms. The van der Waals surface area contributed by atoms with Gasteiger partial charge in [0.2, 0.25) is 12.3 Å². The summed E-state index contributed by atoms with van der Waals surface area (Å²) in [6.07, 6.45) is -11.8. The van der Waals surface area contributed by atoms with Crippen molar-refractivity contribution >= 4 is 11.9 Å². The Morgan fingerprint density at radius 3 is 1.40 bits per heavy atom. The third-order valence-corrected chi connectivity index (χ3v) is 11.2. The second-order valence-electron chi connectivity index (χ2n) is 16.0. The van der Waals surface area contributed by atoms with Gasteiger partial charge in [-0.15, -0.1) is 0 Å². The Hall–Kier alpha value is -5.35. The molecule has 2 heterocycles. The molecule has 1 amide bonds. The van der Waals surface area contributed by atoms with E-state index < -0.39 is 67.4 Å². The summed E-state index contributed by atoms with van der Waals surface area (Å²) < 4.78 is 75.5. The van der Waals surface area contributed by atoms with Gasteiger partial charge in [-0.1, -0.05) is 152 Å². The first kappa shape index (κ1) is 47.6. The molecule has 2 aliphatic heterocycles. The second-order valence-corrected chi connectivity index (χ2v) is 16.0. The second kappa shape index (κ2) is 24.8. The molecule has 2 saturated heterocycles. The third-order valence-electron chi connectivity index (χ3n) is 11.2. The molecular weight excluding hydrogens is 834 g/mol. The quantitative estimate of drug-likeness (QED) is 0.0684. The summed E-state index contributed by atoms with van der Waals surface area (Å²) >= 11 is 0. The minimum absolute atomic E-state index is 0.00513. The van der Waals surface area contributed by atoms with Crippen LogP contribution in [0, 0.1) is 0 Å². The molecule has 0 saturated carbocycles. The summed E-state index contributed by atoms with van der Waals surface area (Å²) in [5.74, 6) is -0.929. The average Bonchev–Trinajstić information content (AvgIpc) is 3.34. The SMILES string of the molecule is CNC(=O)CCC(=O)O[C@@H]1C(C)O[C@@H](OC2[C@@H](F)OC(COCc3ccccc3)[C@H](OCc3ccccc3)[C@H]2OCc2ccccc2)C(OCc2ccccc2)[C@H]1OCc1ccccc1. The van der Waals surface area contributed by atoms with Crippen molar-refractivity contribution in [3.63, 3.8) is 0 Å². The van der Waals surface area contributed by atoms with E-state index in [-0.39, 0.29) is 58.4 Å². The fraction of sp³-hybridized carbons (Fsp3) is 0.385. The fourth-order valence-corrected chi connectivity index (χ4v) is 7.79. The number of carbonyl (C=O) groups is 2. The number of halogens is 1. The molecule has 13 heteroatoms. The lowest BCUT2D eigenvalue weighted by molar-refractivity contribution is -0.365. The van der Waals surface area contributed by atoms with Crippen LogP contribution in [0.2, 0.25) is 0 Å². The number of rotatable bonds is 22. The Kier molecular flexibility index (Phi) is 18.2. The fourth-order valence-electron chi connectivity index (χ4n) is 7.79. The molecule has 1 N–H and O–H groups in total. The topological polar surface area (TPSA) is 129 Å². The summed E-state index contributed by atoms with van der Waals surface area (Å²) in [6.45, 7) is 2.46. The Morgan fingerprint density at radius 1 is 0.523 bits per heavy atom. The zero-order valence-electron chi connectivity index (χ0n) is 36.7. The molecule has 10 atom stereocenters. The molecule has 2 fully saturated rings. The highest BCUT2D eigenvalue weighted by molar-refractivity contribution is 5.81. The van der Waals surface area contributed by atoms with E-state index in [4.69, 9.17) is 42.6 Å². The van der Waals surface area contributed by atoms with Crippen molar-refractivity contribution in [2.45, 2.75) is 114 Å². The van der Waals surface area contributed by atoms with Gasteiger partial charge in [0.1, 0.15) is 36.6 Å². The zero-order chi connectivity index (χ0) is 45.2. The number of esters is 1. The van der Waals surface area contributed by atoms with E-state index in [0.717, 1.165) is 27.8 Å². The largest absolute Gasteiger partial charge is 0.457 e. The molecule has 0 aliphatic carbocycles. The van der Waals surface area contributed by atoms with Crippen LogP contribution >= 0.6 is 0 Å². The number of hydrogen-bond donors (Lipinski definition) is 1. The molecule has 0 radical (unpaired) electrons. The summed E-state index contributed by atoms with van der Waals surface area (Å²) in [7, 11) is 1.50. The van der Waals surface area contributed by atoms with E-state index in [9.17, 15) is 9.59 Å². The van der Waals surface area contributed by atoms with Gasteiger partial charge in [-0.2, -0.15) is 0 Å². The number of alkyl halides is 1. The van der Waals surface area contributed by atoms with Gasteiger partial charge in [0.25, 0.3) is 0 Å². The third kappa shape index (κ3) is 14.1. The van der Waals surface area contributed by atoms with Crippen molar-refractivity contribution < 1.29 is 56.6 Å². The van der Waals surface area contributed by atoms with Crippen LogP contribution in [0.15, 0.2) is 152 Å². The molecule has 2 aliphatic rings. The first-order valence-corrected chi connectivity index (χ1v) is 22.1. The van der Waals surface area contributed by atoms with E-state index in [1.807, 2.05) is 152 Å². The van der Waals surface area contributed by atoms with Gasteiger partial charge in [0.05, 0.1) is 52.2 Å². The van der Waals surface area contributed by atoms with Gasteiger partial charge >= 0.3 is 5.97 Å². The Bertz CT molecular complexity index is 2140.